The molecule has 0 bridgehead atoms. The standard InChI is InChI=1S/C23H27FN2O6S2/c1-4-32-14-13-26-21-18(30-2)11-12-19(31-3)22(21)33-23(26)25-20(27)6-5-15-34(28,29)17-9-7-16(24)8-10-17/h7-12H,4-6,13-15H2,1-3H3. The maximum Gasteiger partial charge on any atom is 0.248 e. The quantitative estimate of drug-likeness (QED) is 0.289. The number of carbonyl (C=O) groups excluding carboxylic acids is 1. The molecule has 0 saturated carbocycles. The molecule has 0 unspecified atom stereocenters. The Morgan fingerprint density at radius 2 is 1.76 bits per heavy atom. The SMILES string of the molecule is CCOCCn1c(=NC(=O)CCCS(=O)(=O)c2ccc(F)cc2)sc2c(OC)ccc(OC)c21. The molecule has 0 aliphatic carbocycles. The van der Waals surface area contributed by atoms with Gasteiger partial charge in [-0.2, -0.15) is 4.99 Å². The molecule has 0 fully saturated rings. The number of amides is 1. The van der Waals surface area contributed by atoms with Crippen molar-refractivity contribution in [3.8, 4) is 11.5 Å². The number of aromatic nitrogens is 1. The van der Waals surface area contributed by atoms with Crippen molar-refractivity contribution in [3.05, 3.63) is 47.0 Å². The Labute approximate surface area is 201 Å². The molecule has 0 atom stereocenters. The average molecular weight is 511 g/mol. The minimum Gasteiger partial charge on any atom is -0.495 e. The lowest BCUT2D eigenvalue weighted by molar-refractivity contribution is -0.118. The molecule has 0 radical (unpaired) electrons. The second kappa shape index (κ2) is 11.6. The number of benzene rings is 2. The highest BCUT2D eigenvalue weighted by Gasteiger charge is 2.18. The van der Waals surface area contributed by atoms with E-state index in [0.717, 1.165) is 22.3 Å². The lowest BCUT2D eigenvalue weighted by atomic mass is 10.3. The van der Waals surface area contributed by atoms with Crippen LogP contribution in [0.3, 0.4) is 0 Å². The van der Waals surface area contributed by atoms with Gasteiger partial charge in [0.25, 0.3) is 0 Å². The second-order valence-electron chi connectivity index (χ2n) is 7.26. The van der Waals surface area contributed by atoms with Crippen molar-refractivity contribution >= 4 is 37.3 Å². The monoisotopic (exact) mass is 510 g/mol. The number of halogens is 1. The number of hydrogen-bond acceptors (Lipinski definition) is 7. The van der Waals surface area contributed by atoms with Crippen LogP contribution in [-0.4, -0.2) is 52.1 Å². The lowest BCUT2D eigenvalue weighted by Gasteiger charge is -2.10. The normalized spacial score (nSPS) is 12.3. The fourth-order valence-electron chi connectivity index (χ4n) is 3.38. The molecule has 8 nitrogen and oxygen atoms in total. The van der Waals surface area contributed by atoms with Crippen LogP contribution in [0.5, 0.6) is 11.5 Å². The van der Waals surface area contributed by atoms with Crippen molar-refractivity contribution in [3.63, 3.8) is 0 Å². The summed E-state index contributed by atoms with van der Waals surface area (Å²) in [5.41, 5.74) is 0.747. The molecule has 1 amide bonds. The summed E-state index contributed by atoms with van der Waals surface area (Å²) in [6.45, 7) is 3.31. The minimum atomic E-state index is -3.62. The first-order chi connectivity index (χ1) is 16.3. The number of nitrogens with zero attached hydrogens (tertiary/aromatic N) is 2. The van der Waals surface area contributed by atoms with E-state index in [1.165, 1.54) is 23.5 Å². The van der Waals surface area contributed by atoms with E-state index < -0.39 is 21.6 Å². The Morgan fingerprint density at radius 3 is 2.41 bits per heavy atom. The molecule has 11 heteroatoms. The first kappa shape index (κ1) is 25.9. The first-order valence-electron chi connectivity index (χ1n) is 10.7. The number of sulfone groups is 1. The number of fused-ring (bicyclic) bond motifs is 1. The van der Waals surface area contributed by atoms with Gasteiger partial charge in [0.05, 0.1) is 31.5 Å². The largest absolute Gasteiger partial charge is 0.495 e. The number of carbonyl (C=O) groups is 1. The molecular weight excluding hydrogens is 483 g/mol. The van der Waals surface area contributed by atoms with E-state index in [0.29, 0.717) is 36.1 Å². The predicted octanol–water partition coefficient (Wildman–Crippen LogP) is 3.58. The van der Waals surface area contributed by atoms with Gasteiger partial charge in [0, 0.05) is 19.6 Å². The van der Waals surface area contributed by atoms with E-state index in [4.69, 9.17) is 14.2 Å². The van der Waals surface area contributed by atoms with Crippen LogP contribution in [0.4, 0.5) is 4.39 Å². The van der Waals surface area contributed by atoms with Crippen LogP contribution in [0.2, 0.25) is 0 Å². The summed E-state index contributed by atoms with van der Waals surface area (Å²) in [4.78, 5) is 17.4. The van der Waals surface area contributed by atoms with Gasteiger partial charge < -0.3 is 18.8 Å². The number of thiazole rings is 1. The second-order valence-corrected chi connectivity index (χ2v) is 10.3. The molecule has 3 aromatic rings. The molecule has 0 spiro atoms. The number of hydrogen-bond donors (Lipinski definition) is 0. The Hall–Kier alpha value is -2.76. The highest BCUT2D eigenvalue weighted by atomic mass is 32.2. The summed E-state index contributed by atoms with van der Waals surface area (Å²) < 4.78 is 57.0. The van der Waals surface area contributed by atoms with Gasteiger partial charge in [0.2, 0.25) is 5.91 Å². The van der Waals surface area contributed by atoms with Crippen LogP contribution < -0.4 is 14.3 Å². The van der Waals surface area contributed by atoms with Gasteiger partial charge >= 0.3 is 0 Å². The van der Waals surface area contributed by atoms with Crippen LogP contribution in [0.25, 0.3) is 10.2 Å². The van der Waals surface area contributed by atoms with Gasteiger partial charge in [0.15, 0.2) is 14.6 Å². The van der Waals surface area contributed by atoms with Crippen LogP contribution >= 0.6 is 11.3 Å². The zero-order chi connectivity index (χ0) is 24.7. The Balaban J connectivity index is 1.85. The first-order valence-corrected chi connectivity index (χ1v) is 13.2. The van der Waals surface area contributed by atoms with Crippen molar-refractivity contribution in [2.24, 2.45) is 4.99 Å². The Bertz CT molecular complexity index is 1310. The summed E-state index contributed by atoms with van der Waals surface area (Å²) in [7, 11) is -0.491. The fourth-order valence-corrected chi connectivity index (χ4v) is 5.88. The molecule has 0 saturated heterocycles. The summed E-state index contributed by atoms with van der Waals surface area (Å²) in [6, 6.07) is 8.20. The topological polar surface area (TPSA) is 96.2 Å². The predicted molar refractivity (Wildman–Crippen MR) is 128 cm³/mol. The summed E-state index contributed by atoms with van der Waals surface area (Å²) >= 11 is 1.29. The molecule has 1 aromatic heterocycles. The number of methoxy groups -OCH3 is 2. The Morgan fingerprint density at radius 1 is 1.09 bits per heavy atom. The molecular formula is C23H27FN2O6S2. The molecule has 3 rings (SSSR count). The Kier molecular flexibility index (Phi) is 8.81. The highest BCUT2D eigenvalue weighted by Crippen LogP contribution is 2.35. The zero-order valence-electron chi connectivity index (χ0n) is 19.2. The highest BCUT2D eigenvalue weighted by molar-refractivity contribution is 7.91. The van der Waals surface area contributed by atoms with Crippen molar-refractivity contribution in [1.29, 1.82) is 0 Å². The third kappa shape index (κ3) is 6.02. The van der Waals surface area contributed by atoms with E-state index in [1.54, 1.807) is 26.4 Å². The molecule has 2 aromatic carbocycles. The van der Waals surface area contributed by atoms with Crippen molar-refractivity contribution in [1.82, 2.24) is 4.57 Å². The van der Waals surface area contributed by atoms with E-state index >= 15 is 0 Å². The molecule has 1 heterocycles. The van der Waals surface area contributed by atoms with Crippen LogP contribution in [0, 0.1) is 5.82 Å². The van der Waals surface area contributed by atoms with E-state index in [1.807, 2.05) is 11.5 Å². The summed E-state index contributed by atoms with van der Waals surface area (Å²) in [5.74, 6) is 0.0531. The van der Waals surface area contributed by atoms with Crippen molar-refractivity contribution in [2.45, 2.75) is 31.2 Å². The van der Waals surface area contributed by atoms with Crippen LogP contribution in [0.15, 0.2) is 46.3 Å². The molecule has 0 aliphatic heterocycles. The molecule has 34 heavy (non-hydrogen) atoms. The molecule has 184 valence electrons. The lowest BCUT2D eigenvalue weighted by Crippen LogP contribution is -2.20. The van der Waals surface area contributed by atoms with E-state index in [-0.39, 0.29) is 23.5 Å². The minimum absolute atomic E-state index is 0.0238. The molecule has 0 aliphatic rings. The van der Waals surface area contributed by atoms with Crippen LogP contribution in [0.1, 0.15) is 19.8 Å². The van der Waals surface area contributed by atoms with Gasteiger partial charge in [-0.25, -0.2) is 12.8 Å². The van der Waals surface area contributed by atoms with Gasteiger partial charge in [-0.15, -0.1) is 0 Å². The van der Waals surface area contributed by atoms with Crippen molar-refractivity contribution in [2.75, 3.05) is 33.2 Å². The number of ether oxygens (including phenoxy) is 3. The summed E-state index contributed by atoms with van der Waals surface area (Å²) in [5, 5.41) is 0. The summed E-state index contributed by atoms with van der Waals surface area (Å²) in [6.07, 6.45) is 0.0485. The zero-order valence-corrected chi connectivity index (χ0v) is 20.9. The fraction of sp³-hybridized carbons (Fsp3) is 0.391. The third-order valence-electron chi connectivity index (χ3n) is 5.05. The van der Waals surface area contributed by atoms with Gasteiger partial charge in [-0.3, -0.25) is 4.79 Å². The third-order valence-corrected chi connectivity index (χ3v) is 7.96. The average Bonchev–Trinajstić information content (AvgIpc) is 3.16. The van der Waals surface area contributed by atoms with E-state index in [9.17, 15) is 17.6 Å². The maximum atomic E-state index is 13.1. The molecule has 0 N–H and O–H groups in total. The van der Waals surface area contributed by atoms with Crippen LogP contribution in [-0.2, 0) is 25.9 Å². The number of rotatable bonds is 11. The maximum absolute atomic E-state index is 13.1. The van der Waals surface area contributed by atoms with Crippen molar-refractivity contribution < 1.29 is 31.8 Å². The van der Waals surface area contributed by atoms with Gasteiger partial charge in [-0.05, 0) is 49.7 Å². The smallest absolute Gasteiger partial charge is 0.248 e. The van der Waals surface area contributed by atoms with Gasteiger partial charge in [-0.1, -0.05) is 11.3 Å². The van der Waals surface area contributed by atoms with E-state index in [2.05, 4.69) is 4.99 Å². The van der Waals surface area contributed by atoms with Gasteiger partial charge in [0.1, 0.15) is 27.5 Å².